The molecule has 0 aliphatic rings. The number of aliphatic carboxylic acids is 1. The fourth-order valence-electron chi connectivity index (χ4n) is 0.753. The molecule has 0 amide bonds. The first-order valence-corrected chi connectivity index (χ1v) is 3.92. The van der Waals surface area contributed by atoms with E-state index in [-0.39, 0.29) is 0 Å². The van der Waals surface area contributed by atoms with Gasteiger partial charge in [-0.15, -0.1) is 0 Å². The average Bonchev–Trinajstić information content (AvgIpc) is 2.15. The van der Waals surface area contributed by atoms with Crippen molar-refractivity contribution in [2.24, 2.45) is 0 Å². The number of rotatable bonds is 4. The molecule has 1 aromatic rings. The number of nitrogens with one attached hydrogen (secondary N) is 1. The van der Waals surface area contributed by atoms with Crippen LogP contribution in [0.4, 0.5) is 0 Å². The van der Waals surface area contributed by atoms with E-state index in [1.807, 2.05) is 0 Å². The third-order valence-corrected chi connectivity index (χ3v) is 1.56. The summed E-state index contributed by atoms with van der Waals surface area (Å²) in [5.74, 6) is -0.286. The molecule has 70 valence electrons. The van der Waals surface area contributed by atoms with Gasteiger partial charge in [0.1, 0.15) is 11.9 Å². The van der Waals surface area contributed by atoms with Crippen molar-refractivity contribution >= 4 is 5.97 Å². The second-order valence-corrected chi connectivity index (χ2v) is 2.61. The van der Waals surface area contributed by atoms with Gasteiger partial charge in [-0.25, -0.2) is 9.97 Å². The van der Waals surface area contributed by atoms with E-state index in [0.717, 1.165) is 0 Å². The molecule has 0 aromatic carbocycles. The van der Waals surface area contributed by atoms with Crippen molar-refractivity contribution in [3.05, 3.63) is 24.3 Å². The molecule has 1 heterocycles. The van der Waals surface area contributed by atoms with Gasteiger partial charge in [0.15, 0.2) is 0 Å². The van der Waals surface area contributed by atoms with E-state index in [0.29, 0.717) is 12.4 Å². The van der Waals surface area contributed by atoms with Crippen molar-refractivity contribution in [3.63, 3.8) is 0 Å². The maximum absolute atomic E-state index is 10.4. The van der Waals surface area contributed by atoms with Gasteiger partial charge < -0.3 is 5.11 Å². The lowest BCUT2D eigenvalue weighted by Gasteiger charge is -2.06. The van der Waals surface area contributed by atoms with Crippen molar-refractivity contribution in [1.29, 1.82) is 0 Å². The second-order valence-electron chi connectivity index (χ2n) is 2.61. The smallest absolute Gasteiger partial charge is 0.320 e. The van der Waals surface area contributed by atoms with Crippen LogP contribution in [0.25, 0.3) is 0 Å². The summed E-state index contributed by atoms with van der Waals surface area (Å²) < 4.78 is 0. The van der Waals surface area contributed by atoms with E-state index in [4.69, 9.17) is 5.11 Å². The summed E-state index contributed by atoms with van der Waals surface area (Å²) in [6.45, 7) is 1.94. The molecule has 5 nitrogen and oxygen atoms in total. The summed E-state index contributed by atoms with van der Waals surface area (Å²) in [4.78, 5) is 18.3. The van der Waals surface area contributed by atoms with Crippen LogP contribution in [0.5, 0.6) is 0 Å². The summed E-state index contributed by atoms with van der Waals surface area (Å²) in [6.07, 6.45) is 3.24. The highest BCUT2D eigenvalue weighted by Crippen LogP contribution is 1.88. The van der Waals surface area contributed by atoms with Crippen LogP contribution in [-0.2, 0) is 11.3 Å². The monoisotopic (exact) mass is 181 g/mol. The Bertz CT molecular complexity index is 276. The number of hydrogen-bond acceptors (Lipinski definition) is 4. The Morgan fingerprint density at radius 3 is 2.77 bits per heavy atom. The first-order valence-electron chi connectivity index (χ1n) is 3.92. The zero-order chi connectivity index (χ0) is 9.68. The van der Waals surface area contributed by atoms with Crippen molar-refractivity contribution in [1.82, 2.24) is 15.3 Å². The van der Waals surface area contributed by atoms with Crippen LogP contribution >= 0.6 is 0 Å². The molecular weight excluding hydrogens is 170 g/mol. The molecule has 13 heavy (non-hydrogen) atoms. The van der Waals surface area contributed by atoms with Gasteiger partial charge in [0.2, 0.25) is 0 Å². The lowest BCUT2D eigenvalue weighted by atomic mass is 10.3. The standard InChI is InChI=1S/C8H11N3O2/c1-6(8(12)13)11-5-7-9-3-2-4-10-7/h2-4,6,11H,5H2,1H3,(H,12,13). The molecule has 1 rings (SSSR count). The molecule has 1 unspecified atom stereocenters. The fourth-order valence-corrected chi connectivity index (χ4v) is 0.753. The summed E-state index contributed by atoms with van der Waals surface area (Å²) in [5.41, 5.74) is 0. The SMILES string of the molecule is CC(NCc1ncccn1)C(=O)O. The van der Waals surface area contributed by atoms with Crippen molar-refractivity contribution < 1.29 is 9.90 Å². The molecule has 0 bridgehead atoms. The Hall–Kier alpha value is -1.49. The maximum atomic E-state index is 10.4. The first-order chi connectivity index (χ1) is 6.20. The van der Waals surface area contributed by atoms with Crippen LogP contribution in [0.2, 0.25) is 0 Å². The number of aromatic nitrogens is 2. The second kappa shape index (κ2) is 4.51. The Kier molecular flexibility index (Phi) is 3.33. The number of carboxylic acid groups (broad SMARTS) is 1. The Balaban J connectivity index is 2.39. The molecule has 0 aliphatic heterocycles. The minimum absolute atomic E-state index is 0.369. The number of carboxylic acids is 1. The van der Waals surface area contributed by atoms with Crippen LogP contribution in [0.3, 0.4) is 0 Å². The zero-order valence-corrected chi connectivity index (χ0v) is 7.27. The van der Waals surface area contributed by atoms with Crippen molar-refractivity contribution in [2.75, 3.05) is 0 Å². The fraction of sp³-hybridized carbons (Fsp3) is 0.375. The van der Waals surface area contributed by atoms with Gasteiger partial charge in [-0.3, -0.25) is 10.1 Å². The maximum Gasteiger partial charge on any atom is 0.320 e. The van der Waals surface area contributed by atoms with E-state index < -0.39 is 12.0 Å². The molecular formula is C8H11N3O2. The Morgan fingerprint density at radius 1 is 1.62 bits per heavy atom. The predicted molar refractivity (Wildman–Crippen MR) is 46.0 cm³/mol. The Morgan fingerprint density at radius 2 is 2.23 bits per heavy atom. The largest absolute Gasteiger partial charge is 0.480 e. The number of hydrogen-bond donors (Lipinski definition) is 2. The third-order valence-electron chi connectivity index (χ3n) is 1.56. The molecule has 0 saturated carbocycles. The van der Waals surface area contributed by atoms with E-state index in [9.17, 15) is 4.79 Å². The van der Waals surface area contributed by atoms with Crippen LogP contribution in [0.1, 0.15) is 12.7 Å². The van der Waals surface area contributed by atoms with E-state index in [1.165, 1.54) is 0 Å². The molecule has 0 fully saturated rings. The number of nitrogens with zero attached hydrogens (tertiary/aromatic N) is 2. The molecule has 0 spiro atoms. The molecule has 0 aliphatic carbocycles. The van der Waals surface area contributed by atoms with Crippen molar-refractivity contribution in [2.45, 2.75) is 19.5 Å². The minimum Gasteiger partial charge on any atom is -0.480 e. The number of carbonyl (C=O) groups is 1. The molecule has 1 aromatic heterocycles. The molecule has 2 N–H and O–H groups in total. The molecule has 0 saturated heterocycles. The molecule has 5 heteroatoms. The summed E-state index contributed by atoms with van der Waals surface area (Å²) in [6, 6.07) is 1.13. The van der Waals surface area contributed by atoms with Gasteiger partial charge in [0.25, 0.3) is 0 Å². The van der Waals surface area contributed by atoms with Gasteiger partial charge in [0.05, 0.1) is 6.54 Å². The third kappa shape index (κ3) is 3.16. The van der Waals surface area contributed by atoms with Gasteiger partial charge in [-0.1, -0.05) is 0 Å². The van der Waals surface area contributed by atoms with Gasteiger partial charge in [0, 0.05) is 12.4 Å². The lowest BCUT2D eigenvalue weighted by molar-refractivity contribution is -0.139. The highest BCUT2D eigenvalue weighted by atomic mass is 16.4. The van der Waals surface area contributed by atoms with Crippen LogP contribution in [-0.4, -0.2) is 27.1 Å². The van der Waals surface area contributed by atoms with E-state index >= 15 is 0 Å². The highest BCUT2D eigenvalue weighted by molar-refractivity contribution is 5.72. The molecule has 0 radical (unpaired) electrons. The van der Waals surface area contributed by atoms with Gasteiger partial charge >= 0.3 is 5.97 Å². The predicted octanol–water partition coefficient (Wildman–Crippen LogP) is 0.0393. The van der Waals surface area contributed by atoms with Gasteiger partial charge in [-0.05, 0) is 13.0 Å². The topological polar surface area (TPSA) is 75.1 Å². The Labute approximate surface area is 75.8 Å². The van der Waals surface area contributed by atoms with E-state index in [1.54, 1.807) is 25.4 Å². The first kappa shape index (κ1) is 9.60. The van der Waals surface area contributed by atoms with Gasteiger partial charge in [-0.2, -0.15) is 0 Å². The zero-order valence-electron chi connectivity index (χ0n) is 7.27. The minimum atomic E-state index is -0.879. The summed E-state index contributed by atoms with van der Waals surface area (Å²) in [7, 11) is 0. The molecule has 1 atom stereocenters. The summed E-state index contributed by atoms with van der Waals surface area (Å²) in [5, 5.41) is 11.3. The van der Waals surface area contributed by atoms with Crippen LogP contribution < -0.4 is 5.32 Å². The van der Waals surface area contributed by atoms with Crippen LogP contribution in [0, 0.1) is 0 Å². The van der Waals surface area contributed by atoms with Crippen LogP contribution in [0.15, 0.2) is 18.5 Å². The lowest BCUT2D eigenvalue weighted by Crippen LogP contribution is -2.33. The summed E-state index contributed by atoms with van der Waals surface area (Å²) >= 11 is 0. The normalized spacial score (nSPS) is 12.4. The average molecular weight is 181 g/mol. The quantitative estimate of drug-likeness (QED) is 0.686. The highest BCUT2D eigenvalue weighted by Gasteiger charge is 2.09. The van der Waals surface area contributed by atoms with E-state index in [2.05, 4.69) is 15.3 Å². The van der Waals surface area contributed by atoms with Crippen molar-refractivity contribution in [3.8, 4) is 0 Å².